The molecular formula is C8H4F3N. The molecular weight excluding hydrogens is 167 g/mol. The molecule has 0 aliphatic heterocycles. The third-order valence-electron chi connectivity index (χ3n) is 0.997. The lowest BCUT2D eigenvalue weighted by Gasteiger charge is -1.91. The normalized spacial score (nSPS) is 10.2. The van der Waals surface area contributed by atoms with E-state index in [0.717, 1.165) is 5.92 Å². The number of rotatable bonds is 0. The van der Waals surface area contributed by atoms with Crippen LogP contribution in [0, 0.1) is 11.8 Å². The minimum absolute atomic E-state index is 0.120. The third-order valence-corrected chi connectivity index (χ3v) is 0.997. The maximum atomic E-state index is 11.5. The summed E-state index contributed by atoms with van der Waals surface area (Å²) in [6, 6.07) is 4.60. The Labute approximate surface area is 67.2 Å². The molecule has 0 N–H and O–H groups in total. The Balaban J connectivity index is 2.81. The minimum Gasteiger partial charge on any atom is -0.248 e. The molecule has 0 bridgehead atoms. The van der Waals surface area contributed by atoms with Crippen molar-refractivity contribution in [3.05, 3.63) is 30.1 Å². The predicted octanol–water partition coefficient (Wildman–Crippen LogP) is 2.00. The Hall–Kier alpha value is -1.50. The Bertz CT molecular complexity index is 305. The molecule has 1 aromatic rings. The van der Waals surface area contributed by atoms with Gasteiger partial charge in [0.05, 0.1) is 0 Å². The zero-order chi connectivity index (χ0) is 9.03. The molecule has 0 unspecified atom stereocenters. The smallest absolute Gasteiger partial charge is 0.248 e. The van der Waals surface area contributed by atoms with Gasteiger partial charge >= 0.3 is 6.18 Å². The lowest BCUT2D eigenvalue weighted by molar-refractivity contribution is -0.0696. The van der Waals surface area contributed by atoms with E-state index in [1.165, 1.54) is 12.3 Å². The van der Waals surface area contributed by atoms with Crippen LogP contribution in [0.15, 0.2) is 24.4 Å². The quantitative estimate of drug-likeness (QED) is 0.544. The van der Waals surface area contributed by atoms with Crippen molar-refractivity contribution in [2.75, 3.05) is 0 Å². The zero-order valence-electron chi connectivity index (χ0n) is 5.89. The van der Waals surface area contributed by atoms with Gasteiger partial charge in [0, 0.05) is 12.1 Å². The molecule has 0 spiro atoms. The van der Waals surface area contributed by atoms with Crippen LogP contribution in [0.25, 0.3) is 0 Å². The van der Waals surface area contributed by atoms with Crippen molar-refractivity contribution >= 4 is 0 Å². The van der Waals surface area contributed by atoms with Crippen LogP contribution in [0.4, 0.5) is 13.2 Å². The fourth-order valence-electron chi connectivity index (χ4n) is 0.572. The van der Waals surface area contributed by atoms with Crippen molar-refractivity contribution in [1.82, 2.24) is 4.98 Å². The highest BCUT2D eigenvalue weighted by Crippen LogP contribution is 2.12. The maximum Gasteiger partial charge on any atom is 0.458 e. The summed E-state index contributed by atoms with van der Waals surface area (Å²) < 4.78 is 34.6. The van der Waals surface area contributed by atoms with Crippen molar-refractivity contribution in [2.45, 2.75) is 6.18 Å². The first-order valence-electron chi connectivity index (χ1n) is 3.09. The second-order valence-corrected chi connectivity index (χ2v) is 1.96. The Morgan fingerprint density at radius 2 is 2.00 bits per heavy atom. The standard InChI is InChI=1S/C8H4F3N/c9-8(10,11)5-4-7-3-1-2-6-12-7/h1-3,6H. The first-order chi connectivity index (χ1) is 5.58. The number of pyridine rings is 1. The molecule has 0 saturated heterocycles. The predicted molar refractivity (Wildman–Crippen MR) is 37.2 cm³/mol. The van der Waals surface area contributed by atoms with E-state index in [1.54, 1.807) is 12.1 Å². The SMILES string of the molecule is FC(F)(F)C#Cc1ccccn1. The van der Waals surface area contributed by atoms with Gasteiger partial charge in [-0.3, -0.25) is 0 Å². The Kier molecular flexibility index (Phi) is 2.34. The third kappa shape index (κ3) is 3.06. The topological polar surface area (TPSA) is 12.9 Å². The van der Waals surface area contributed by atoms with Gasteiger partial charge in [0.15, 0.2) is 0 Å². The van der Waals surface area contributed by atoms with Gasteiger partial charge in [0.1, 0.15) is 5.69 Å². The fraction of sp³-hybridized carbons (Fsp3) is 0.125. The number of nitrogens with zero attached hydrogens (tertiary/aromatic N) is 1. The van der Waals surface area contributed by atoms with Crippen LogP contribution in [0.3, 0.4) is 0 Å². The van der Waals surface area contributed by atoms with Gasteiger partial charge in [0.2, 0.25) is 0 Å². The van der Waals surface area contributed by atoms with Gasteiger partial charge in [-0.25, -0.2) is 4.98 Å². The number of hydrogen-bond acceptors (Lipinski definition) is 1. The van der Waals surface area contributed by atoms with E-state index in [2.05, 4.69) is 4.98 Å². The summed E-state index contributed by atoms with van der Waals surface area (Å²) in [5, 5.41) is 0. The first-order valence-corrected chi connectivity index (χ1v) is 3.09. The van der Waals surface area contributed by atoms with Crippen molar-refractivity contribution in [3.8, 4) is 11.8 Å². The van der Waals surface area contributed by atoms with Crippen LogP contribution in [0.1, 0.15) is 5.69 Å². The van der Waals surface area contributed by atoms with E-state index >= 15 is 0 Å². The molecule has 0 aliphatic rings. The van der Waals surface area contributed by atoms with Crippen LogP contribution in [0.2, 0.25) is 0 Å². The second-order valence-electron chi connectivity index (χ2n) is 1.96. The molecule has 0 aliphatic carbocycles. The molecule has 0 aromatic carbocycles. The lowest BCUT2D eigenvalue weighted by Crippen LogP contribution is -2.01. The van der Waals surface area contributed by atoms with Crippen LogP contribution >= 0.6 is 0 Å². The van der Waals surface area contributed by atoms with Gasteiger partial charge < -0.3 is 0 Å². The van der Waals surface area contributed by atoms with E-state index in [9.17, 15) is 13.2 Å². The molecule has 0 saturated carbocycles. The number of alkyl halides is 3. The highest BCUT2D eigenvalue weighted by atomic mass is 19.4. The number of hydrogen-bond donors (Lipinski definition) is 0. The van der Waals surface area contributed by atoms with Gasteiger partial charge in [0.25, 0.3) is 0 Å². The lowest BCUT2D eigenvalue weighted by atomic mass is 10.3. The highest BCUT2D eigenvalue weighted by molar-refractivity contribution is 5.27. The van der Waals surface area contributed by atoms with Gasteiger partial charge in [-0.1, -0.05) is 6.07 Å². The molecule has 1 nitrogen and oxygen atoms in total. The summed E-state index contributed by atoms with van der Waals surface area (Å²) in [6.07, 6.45) is -3.06. The maximum absolute atomic E-state index is 11.5. The van der Waals surface area contributed by atoms with E-state index in [-0.39, 0.29) is 5.69 Å². The van der Waals surface area contributed by atoms with Crippen LogP contribution in [-0.2, 0) is 0 Å². The van der Waals surface area contributed by atoms with Crippen LogP contribution in [0.5, 0.6) is 0 Å². The van der Waals surface area contributed by atoms with Crippen LogP contribution in [-0.4, -0.2) is 11.2 Å². The largest absolute Gasteiger partial charge is 0.458 e. The summed E-state index contributed by atoms with van der Waals surface area (Å²) in [6.45, 7) is 0. The summed E-state index contributed by atoms with van der Waals surface area (Å²) in [4.78, 5) is 3.61. The monoisotopic (exact) mass is 171 g/mol. The molecule has 62 valence electrons. The average molecular weight is 171 g/mol. The average Bonchev–Trinajstić information content (AvgIpc) is 2.02. The van der Waals surface area contributed by atoms with E-state index in [4.69, 9.17) is 0 Å². The number of aromatic nitrogens is 1. The molecule has 0 fully saturated rings. The molecule has 1 heterocycles. The molecule has 1 aromatic heterocycles. The summed E-state index contributed by atoms with van der Waals surface area (Å²) in [5.41, 5.74) is 0.120. The number of halogens is 3. The summed E-state index contributed by atoms with van der Waals surface area (Å²) >= 11 is 0. The van der Waals surface area contributed by atoms with Crippen molar-refractivity contribution in [3.63, 3.8) is 0 Å². The minimum atomic E-state index is -4.45. The second kappa shape index (κ2) is 3.26. The van der Waals surface area contributed by atoms with E-state index < -0.39 is 6.18 Å². The van der Waals surface area contributed by atoms with Crippen molar-refractivity contribution < 1.29 is 13.2 Å². The molecule has 12 heavy (non-hydrogen) atoms. The van der Waals surface area contributed by atoms with Gasteiger partial charge in [-0.05, 0) is 18.1 Å². The van der Waals surface area contributed by atoms with E-state index in [0.29, 0.717) is 0 Å². The summed E-state index contributed by atoms with van der Waals surface area (Å²) in [5.74, 6) is 3.02. The summed E-state index contributed by atoms with van der Waals surface area (Å²) in [7, 11) is 0. The Morgan fingerprint density at radius 1 is 1.25 bits per heavy atom. The molecule has 0 radical (unpaired) electrons. The molecule has 0 amide bonds. The zero-order valence-corrected chi connectivity index (χ0v) is 5.89. The molecule has 0 atom stereocenters. The Morgan fingerprint density at radius 3 is 2.50 bits per heavy atom. The molecule has 1 rings (SSSR count). The van der Waals surface area contributed by atoms with Gasteiger partial charge in [-0.2, -0.15) is 13.2 Å². The van der Waals surface area contributed by atoms with E-state index in [1.807, 2.05) is 5.92 Å². The van der Waals surface area contributed by atoms with Crippen molar-refractivity contribution in [1.29, 1.82) is 0 Å². The fourth-order valence-corrected chi connectivity index (χ4v) is 0.572. The van der Waals surface area contributed by atoms with Crippen LogP contribution < -0.4 is 0 Å². The molecule has 4 heteroatoms. The first kappa shape index (κ1) is 8.60. The van der Waals surface area contributed by atoms with Gasteiger partial charge in [-0.15, -0.1) is 0 Å². The van der Waals surface area contributed by atoms with Crippen molar-refractivity contribution in [2.24, 2.45) is 0 Å². The highest BCUT2D eigenvalue weighted by Gasteiger charge is 2.22.